The number of nitrogens with zero attached hydrogens (tertiary/aromatic N) is 1. The van der Waals surface area contributed by atoms with Gasteiger partial charge in [-0.1, -0.05) is 30.3 Å². The number of carbonyl (C=O) groups is 1. The van der Waals surface area contributed by atoms with Crippen molar-refractivity contribution in [2.75, 3.05) is 6.54 Å². The molecule has 5 heteroatoms. The monoisotopic (exact) mass is 374 g/mol. The van der Waals surface area contributed by atoms with Crippen LogP contribution in [0.15, 0.2) is 72.0 Å². The molecule has 0 spiro atoms. The zero-order valence-electron chi connectivity index (χ0n) is 15.4. The molecule has 2 atom stereocenters. The molecule has 1 saturated heterocycles. The summed E-state index contributed by atoms with van der Waals surface area (Å²) in [5, 5.41) is 0. The largest absolute Gasteiger partial charge is 0.509 e. The molecule has 0 N–H and O–H groups in total. The molecule has 4 aliphatic rings. The highest BCUT2D eigenvalue weighted by Gasteiger charge is 2.71. The first-order valence-corrected chi connectivity index (χ1v) is 9.71. The first-order chi connectivity index (χ1) is 13.7. The predicted octanol–water partition coefficient (Wildman–Crippen LogP) is 3.80. The zero-order valence-corrected chi connectivity index (χ0v) is 15.4. The van der Waals surface area contributed by atoms with Crippen molar-refractivity contribution in [2.45, 2.75) is 31.8 Å². The van der Waals surface area contributed by atoms with E-state index in [1.165, 1.54) is 0 Å². The number of ether oxygens (including phenoxy) is 3. The minimum Gasteiger partial charge on any atom is -0.415 e. The number of fused-ring (bicyclic) bond motifs is 3. The Morgan fingerprint density at radius 2 is 1.46 bits per heavy atom. The third-order valence-electron chi connectivity index (χ3n) is 6.15. The quantitative estimate of drug-likeness (QED) is 0.400. The third kappa shape index (κ3) is 2.02. The van der Waals surface area contributed by atoms with Crippen molar-refractivity contribution in [1.82, 2.24) is 0 Å². The molecule has 0 amide bonds. The van der Waals surface area contributed by atoms with E-state index in [1.807, 2.05) is 42.5 Å². The van der Waals surface area contributed by atoms with Gasteiger partial charge in [0.25, 0.3) is 0 Å². The molecule has 3 aliphatic heterocycles. The van der Waals surface area contributed by atoms with Gasteiger partial charge >= 0.3 is 11.9 Å². The van der Waals surface area contributed by atoms with Crippen molar-refractivity contribution in [1.29, 1.82) is 0 Å². The van der Waals surface area contributed by atoms with E-state index in [0.29, 0.717) is 35.6 Å². The van der Waals surface area contributed by atoms with Gasteiger partial charge in [-0.3, -0.25) is 0 Å². The summed E-state index contributed by atoms with van der Waals surface area (Å²) in [6, 6.07) is 15.6. The lowest BCUT2D eigenvalue weighted by Gasteiger charge is -2.53. The van der Waals surface area contributed by atoms with Crippen LogP contribution in [0.25, 0.3) is 0 Å². The fraction of sp³-hybridized carbons (Fsp3) is 0.261. The van der Waals surface area contributed by atoms with E-state index in [9.17, 15) is 4.79 Å². The van der Waals surface area contributed by atoms with Crippen LogP contribution in [-0.4, -0.2) is 22.9 Å². The van der Waals surface area contributed by atoms with Gasteiger partial charge in [-0.15, -0.1) is 0 Å². The van der Waals surface area contributed by atoms with Crippen LogP contribution in [0.5, 0.6) is 11.5 Å². The molecule has 0 saturated carbocycles. The lowest BCUT2D eigenvalue weighted by atomic mass is 9.96. The van der Waals surface area contributed by atoms with Crippen molar-refractivity contribution >= 4 is 5.97 Å². The Morgan fingerprint density at radius 1 is 0.786 bits per heavy atom. The standard InChI is InChI=1S/C23H20NO4/c25-22-23-24(13-16-7-1-4-10-19(16)26-22,14-17-8-2-5-11-20(17)27-23)15-18-9-3-6-12-21(18)28-23/h1-2,4-5,7-12H,3,6,13-15H2/q+1. The smallest absolute Gasteiger partial charge is 0.415 e. The number of hydrogen-bond acceptors (Lipinski definition) is 4. The van der Waals surface area contributed by atoms with Crippen LogP contribution in [0.3, 0.4) is 0 Å². The second-order valence-electron chi connectivity index (χ2n) is 7.89. The molecule has 28 heavy (non-hydrogen) atoms. The lowest BCUT2D eigenvalue weighted by molar-refractivity contribution is -1.03. The highest BCUT2D eigenvalue weighted by atomic mass is 16.8. The number of benzene rings is 2. The first kappa shape index (κ1) is 16.0. The predicted molar refractivity (Wildman–Crippen MR) is 101 cm³/mol. The van der Waals surface area contributed by atoms with Gasteiger partial charge in [0.2, 0.25) is 0 Å². The van der Waals surface area contributed by atoms with Crippen LogP contribution in [0.2, 0.25) is 0 Å². The molecule has 1 fully saturated rings. The van der Waals surface area contributed by atoms with E-state index in [1.54, 1.807) is 0 Å². The summed E-state index contributed by atoms with van der Waals surface area (Å²) in [4.78, 5) is 13.5. The minimum absolute atomic E-state index is 0.322. The van der Waals surface area contributed by atoms with E-state index in [0.717, 1.165) is 35.3 Å². The Kier molecular flexibility index (Phi) is 3.13. The van der Waals surface area contributed by atoms with Crippen molar-refractivity contribution < 1.29 is 23.5 Å². The fourth-order valence-electron chi connectivity index (χ4n) is 4.83. The van der Waals surface area contributed by atoms with Gasteiger partial charge < -0.3 is 14.2 Å². The van der Waals surface area contributed by atoms with Crippen LogP contribution in [0.1, 0.15) is 24.0 Å². The Hall–Kier alpha value is -3.05. The molecule has 6 rings (SSSR count). The van der Waals surface area contributed by atoms with E-state index in [-0.39, 0.29) is 0 Å². The second-order valence-corrected chi connectivity index (χ2v) is 7.89. The molecule has 0 bridgehead atoms. The average Bonchev–Trinajstić information content (AvgIpc) is 2.81. The van der Waals surface area contributed by atoms with Crippen LogP contribution < -0.4 is 9.47 Å². The Bertz CT molecular complexity index is 1070. The molecule has 0 aromatic heterocycles. The first-order valence-electron chi connectivity index (χ1n) is 9.71. The number of esters is 1. The highest BCUT2D eigenvalue weighted by Crippen LogP contribution is 2.50. The van der Waals surface area contributed by atoms with E-state index in [2.05, 4.69) is 18.2 Å². The average molecular weight is 374 g/mol. The molecule has 140 valence electrons. The SMILES string of the molecule is O=C1Oc2ccccc2C[N+]23CC4=CCCC=C4OC12Oc1ccccc1C3. The summed E-state index contributed by atoms with van der Waals surface area (Å²) in [5.41, 5.74) is 3.22. The maximum absolute atomic E-state index is 13.5. The third-order valence-corrected chi connectivity index (χ3v) is 6.15. The van der Waals surface area contributed by atoms with Gasteiger partial charge in [-0.25, -0.2) is 9.28 Å². The number of allylic oxidation sites excluding steroid dienone is 2. The molecule has 2 aromatic carbocycles. The molecule has 5 nitrogen and oxygen atoms in total. The van der Waals surface area contributed by atoms with Crippen molar-refractivity contribution in [2.24, 2.45) is 0 Å². The Labute approximate surface area is 163 Å². The van der Waals surface area contributed by atoms with Gasteiger partial charge in [-0.2, -0.15) is 0 Å². The van der Waals surface area contributed by atoms with Gasteiger partial charge in [0.1, 0.15) is 36.9 Å². The maximum Gasteiger partial charge on any atom is 0.509 e. The van der Waals surface area contributed by atoms with Crippen LogP contribution in [-0.2, 0) is 22.6 Å². The normalized spacial score (nSPS) is 29.6. The summed E-state index contributed by atoms with van der Waals surface area (Å²) < 4.78 is 19.0. The number of quaternary nitrogens is 1. The summed E-state index contributed by atoms with van der Waals surface area (Å²) in [7, 11) is 0. The fourth-order valence-corrected chi connectivity index (χ4v) is 4.83. The Balaban J connectivity index is 1.60. The lowest BCUT2D eigenvalue weighted by Crippen LogP contribution is -2.75. The molecule has 2 unspecified atom stereocenters. The van der Waals surface area contributed by atoms with Crippen LogP contribution >= 0.6 is 0 Å². The number of carbonyl (C=O) groups excluding carboxylic acids is 1. The van der Waals surface area contributed by atoms with E-state index < -0.39 is 11.9 Å². The van der Waals surface area contributed by atoms with Gasteiger partial charge in [0.05, 0.1) is 0 Å². The minimum atomic E-state index is -1.53. The molecule has 1 aliphatic carbocycles. The topological polar surface area (TPSA) is 44.8 Å². The van der Waals surface area contributed by atoms with E-state index >= 15 is 0 Å². The van der Waals surface area contributed by atoms with Crippen LogP contribution in [0, 0.1) is 0 Å². The van der Waals surface area contributed by atoms with Gasteiger partial charge in [-0.05, 0) is 43.2 Å². The summed E-state index contributed by atoms with van der Waals surface area (Å²) in [6.45, 7) is 1.91. The zero-order chi connectivity index (χ0) is 18.8. The number of rotatable bonds is 0. The molecule has 2 aromatic rings. The maximum atomic E-state index is 13.5. The van der Waals surface area contributed by atoms with Gasteiger partial charge in [0, 0.05) is 16.7 Å². The van der Waals surface area contributed by atoms with E-state index in [4.69, 9.17) is 14.2 Å². The van der Waals surface area contributed by atoms with Crippen molar-refractivity contribution in [3.05, 3.63) is 83.1 Å². The number of hydrogen-bond donors (Lipinski definition) is 0. The molecular weight excluding hydrogens is 354 g/mol. The number of para-hydroxylation sites is 2. The second kappa shape index (κ2) is 5.49. The van der Waals surface area contributed by atoms with Gasteiger partial charge in [0.15, 0.2) is 0 Å². The molecular formula is C23H20NO4+. The Morgan fingerprint density at radius 3 is 2.29 bits per heavy atom. The summed E-state index contributed by atoms with van der Waals surface area (Å²) in [6.07, 6.45) is 6.19. The van der Waals surface area contributed by atoms with Crippen molar-refractivity contribution in [3.8, 4) is 11.5 Å². The van der Waals surface area contributed by atoms with Crippen molar-refractivity contribution in [3.63, 3.8) is 0 Å². The highest BCUT2D eigenvalue weighted by molar-refractivity contribution is 5.81. The molecule has 0 radical (unpaired) electrons. The summed E-state index contributed by atoms with van der Waals surface area (Å²) >= 11 is 0. The molecule has 3 heterocycles. The van der Waals surface area contributed by atoms with Crippen LogP contribution in [0.4, 0.5) is 0 Å². The summed E-state index contributed by atoms with van der Waals surface area (Å²) in [5.74, 6) is -0.000860.